The fraction of sp³-hybridized carbons (Fsp3) is 0.250. The maximum Gasteiger partial charge on any atom is 0.132 e. The molecule has 0 heterocycles. The van der Waals surface area contributed by atoms with Gasteiger partial charge in [-0.05, 0) is 24.6 Å². The standard InChI is InChI=1S/C12H12ClFN2/c1-2-3-8(7-15)12(16)10-6-9(13)4-5-11(10)14/h4-6H,2-3,16H2,1H3/b12-8-. The summed E-state index contributed by atoms with van der Waals surface area (Å²) in [6, 6.07) is 6.11. The van der Waals surface area contributed by atoms with E-state index in [1.165, 1.54) is 18.2 Å². The van der Waals surface area contributed by atoms with Crippen molar-refractivity contribution >= 4 is 17.3 Å². The predicted octanol–water partition coefficient (Wildman–Crippen LogP) is 3.47. The molecule has 0 amide bonds. The first-order valence-corrected chi connectivity index (χ1v) is 5.32. The number of allylic oxidation sites excluding steroid dienone is 1. The largest absolute Gasteiger partial charge is 0.397 e. The minimum absolute atomic E-state index is 0.171. The summed E-state index contributed by atoms with van der Waals surface area (Å²) in [4.78, 5) is 0. The highest BCUT2D eigenvalue weighted by molar-refractivity contribution is 6.30. The van der Waals surface area contributed by atoms with Gasteiger partial charge in [0, 0.05) is 10.6 Å². The van der Waals surface area contributed by atoms with Gasteiger partial charge in [-0.25, -0.2) is 4.39 Å². The monoisotopic (exact) mass is 238 g/mol. The molecule has 0 aliphatic heterocycles. The zero-order valence-corrected chi connectivity index (χ0v) is 9.68. The Bertz CT molecular complexity index is 461. The smallest absolute Gasteiger partial charge is 0.132 e. The van der Waals surface area contributed by atoms with Crippen LogP contribution in [0, 0.1) is 17.1 Å². The Balaban J connectivity index is 3.27. The quantitative estimate of drug-likeness (QED) is 0.820. The highest BCUT2D eigenvalue weighted by Gasteiger charge is 2.10. The Labute approximate surface area is 99.1 Å². The van der Waals surface area contributed by atoms with Crippen LogP contribution in [0.15, 0.2) is 23.8 Å². The van der Waals surface area contributed by atoms with Crippen LogP contribution in [0.5, 0.6) is 0 Å². The Morgan fingerprint density at radius 1 is 1.56 bits per heavy atom. The first kappa shape index (κ1) is 12.5. The van der Waals surface area contributed by atoms with Crippen LogP contribution in [0.1, 0.15) is 25.3 Å². The van der Waals surface area contributed by atoms with Crippen molar-refractivity contribution in [1.82, 2.24) is 0 Å². The highest BCUT2D eigenvalue weighted by atomic mass is 35.5. The number of rotatable bonds is 3. The number of benzene rings is 1. The maximum absolute atomic E-state index is 13.5. The van der Waals surface area contributed by atoms with E-state index in [-0.39, 0.29) is 11.3 Å². The number of hydrogen-bond acceptors (Lipinski definition) is 2. The predicted molar refractivity (Wildman–Crippen MR) is 63.0 cm³/mol. The number of nitriles is 1. The van der Waals surface area contributed by atoms with E-state index in [4.69, 9.17) is 22.6 Å². The zero-order valence-electron chi connectivity index (χ0n) is 8.93. The summed E-state index contributed by atoms with van der Waals surface area (Å²) >= 11 is 5.76. The average Bonchev–Trinajstić information content (AvgIpc) is 2.28. The van der Waals surface area contributed by atoms with Gasteiger partial charge in [0.2, 0.25) is 0 Å². The summed E-state index contributed by atoms with van der Waals surface area (Å²) < 4.78 is 13.5. The average molecular weight is 239 g/mol. The zero-order chi connectivity index (χ0) is 12.1. The van der Waals surface area contributed by atoms with Crippen LogP contribution in [0.4, 0.5) is 4.39 Å². The maximum atomic E-state index is 13.5. The van der Waals surface area contributed by atoms with Crippen molar-refractivity contribution in [3.63, 3.8) is 0 Å². The highest BCUT2D eigenvalue weighted by Crippen LogP contribution is 2.23. The van der Waals surface area contributed by atoms with Gasteiger partial charge in [0.05, 0.1) is 17.3 Å². The number of halogens is 2. The SMILES string of the molecule is CCC/C(C#N)=C(/N)c1cc(Cl)ccc1F. The van der Waals surface area contributed by atoms with Gasteiger partial charge in [0.1, 0.15) is 5.82 Å². The van der Waals surface area contributed by atoms with Crippen LogP contribution in [0.25, 0.3) is 5.70 Å². The molecule has 0 saturated carbocycles. The lowest BCUT2D eigenvalue weighted by molar-refractivity contribution is 0.623. The fourth-order valence-electron chi connectivity index (χ4n) is 1.37. The van der Waals surface area contributed by atoms with E-state index in [9.17, 15) is 4.39 Å². The van der Waals surface area contributed by atoms with Crippen LogP contribution >= 0.6 is 11.6 Å². The summed E-state index contributed by atoms with van der Waals surface area (Å²) in [6.45, 7) is 1.93. The molecular formula is C12H12ClFN2. The topological polar surface area (TPSA) is 49.8 Å². The number of nitrogens with two attached hydrogens (primary N) is 1. The Morgan fingerprint density at radius 2 is 2.25 bits per heavy atom. The molecule has 0 unspecified atom stereocenters. The fourth-order valence-corrected chi connectivity index (χ4v) is 1.54. The second-order valence-electron chi connectivity index (χ2n) is 3.38. The third-order valence-corrected chi connectivity index (χ3v) is 2.41. The third-order valence-electron chi connectivity index (χ3n) is 2.18. The molecule has 0 aromatic heterocycles. The number of nitrogens with zero attached hydrogens (tertiary/aromatic N) is 1. The van der Waals surface area contributed by atoms with E-state index in [1.807, 2.05) is 13.0 Å². The first-order chi connectivity index (χ1) is 7.60. The van der Waals surface area contributed by atoms with Crippen LogP contribution in [-0.2, 0) is 0 Å². The van der Waals surface area contributed by atoms with Crippen molar-refractivity contribution in [2.75, 3.05) is 0 Å². The Kier molecular flexibility index (Phi) is 4.33. The van der Waals surface area contributed by atoms with Crippen LogP contribution in [-0.4, -0.2) is 0 Å². The molecule has 0 bridgehead atoms. The first-order valence-electron chi connectivity index (χ1n) is 4.94. The van der Waals surface area contributed by atoms with Crippen molar-refractivity contribution < 1.29 is 4.39 Å². The van der Waals surface area contributed by atoms with Crippen molar-refractivity contribution in [3.8, 4) is 6.07 Å². The lowest BCUT2D eigenvalue weighted by atomic mass is 10.0. The van der Waals surface area contributed by atoms with E-state index in [1.54, 1.807) is 0 Å². The Hall–Kier alpha value is -1.53. The lowest BCUT2D eigenvalue weighted by Gasteiger charge is -2.06. The van der Waals surface area contributed by atoms with E-state index >= 15 is 0 Å². The summed E-state index contributed by atoms with van der Waals surface area (Å²) in [5.74, 6) is -0.467. The molecule has 0 aliphatic rings. The van der Waals surface area contributed by atoms with Gasteiger partial charge in [-0.2, -0.15) is 5.26 Å². The molecule has 0 saturated heterocycles. The molecule has 16 heavy (non-hydrogen) atoms. The minimum atomic E-state index is -0.467. The summed E-state index contributed by atoms with van der Waals surface area (Å²) in [6.07, 6.45) is 1.32. The van der Waals surface area contributed by atoms with E-state index in [0.717, 1.165) is 6.42 Å². The van der Waals surface area contributed by atoms with Gasteiger partial charge in [-0.3, -0.25) is 0 Å². The molecule has 2 N–H and O–H groups in total. The van der Waals surface area contributed by atoms with Gasteiger partial charge in [-0.15, -0.1) is 0 Å². The van der Waals surface area contributed by atoms with Crippen molar-refractivity contribution in [2.24, 2.45) is 5.73 Å². The van der Waals surface area contributed by atoms with E-state index in [0.29, 0.717) is 17.0 Å². The molecule has 0 spiro atoms. The second kappa shape index (κ2) is 5.53. The molecule has 0 fully saturated rings. The Morgan fingerprint density at radius 3 is 2.81 bits per heavy atom. The molecule has 4 heteroatoms. The summed E-state index contributed by atoms with van der Waals surface area (Å²) in [7, 11) is 0. The van der Waals surface area contributed by atoms with Gasteiger partial charge in [-0.1, -0.05) is 24.9 Å². The normalized spacial score (nSPS) is 11.9. The summed E-state index contributed by atoms with van der Waals surface area (Å²) in [5, 5.41) is 9.30. The molecule has 2 nitrogen and oxygen atoms in total. The number of hydrogen-bond donors (Lipinski definition) is 1. The van der Waals surface area contributed by atoms with E-state index < -0.39 is 5.82 Å². The van der Waals surface area contributed by atoms with Crippen molar-refractivity contribution in [3.05, 3.63) is 40.2 Å². The molecular weight excluding hydrogens is 227 g/mol. The molecule has 1 aromatic carbocycles. The summed E-state index contributed by atoms with van der Waals surface area (Å²) in [5.41, 5.74) is 6.52. The van der Waals surface area contributed by atoms with Gasteiger partial charge < -0.3 is 5.73 Å². The molecule has 84 valence electrons. The van der Waals surface area contributed by atoms with Crippen molar-refractivity contribution in [2.45, 2.75) is 19.8 Å². The molecule has 0 atom stereocenters. The van der Waals surface area contributed by atoms with Crippen LogP contribution in [0.2, 0.25) is 5.02 Å². The molecule has 0 aliphatic carbocycles. The van der Waals surface area contributed by atoms with Crippen LogP contribution < -0.4 is 5.73 Å². The van der Waals surface area contributed by atoms with Crippen LogP contribution in [0.3, 0.4) is 0 Å². The van der Waals surface area contributed by atoms with Gasteiger partial charge in [0.15, 0.2) is 0 Å². The molecule has 1 rings (SSSR count). The molecule has 1 aromatic rings. The van der Waals surface area contributed by atoms with E-state index in [2.05, 4.69) is 0 Å². The second-order valence-corrected chi connectivity index (χ2v) is 3.81. The minimum Gasteiger partial charge on any atom is -0.397 e. The van der Waals surface area contributed by atoms with Gasteiger partial charge in [0.25, 0.3) is 0 Å². The van der Waals surface area contributed by atoms with Gasteiger partial charge >= 0.3 is 0 Å². The molecule has 0 radical (unpaired) electrons. The third kappa shape index (κ3) is 2.74. The van der Waals surface area contributed by atoms with Crippen molar-refractivity contribution in [1.29, 1.82) is 5.26 Å². The lowest BCUT2D eigenvalue weighted by Crippen LogP contribution is -2.03.